The Balaban J connectivity index is 2.13. The molecule has 104 valence electrons. The maximum atomic E-state index is 4.99. The van der Waals surface area contributed by atoms with Gasteiger partial charge in [0.2, 0.25) is 0 Å². The molecule has 0 fully saturated rings. The summed E-state index contributed by atoms with van der Waals surface area (Å²) in [4.78, 5) is 9.84. The van der Waals surface area contributed by atoms with Gasteiger partial charge in [-0.15, -0.1) is 0 Å². The van der Waals surface area contributed by atoms with Crippen LogP contribution in [0.2, 0.25) is 0 Å². The van der Waals surface area contributed by atoms with Crippen LogP contribution >= 0.6 is 0 Å². The molecule has 1 aliphatic heterocycles. The fraction of sp³-hybridized carbons (Fsp3) is 0.857. The van der Waals surface area contributed by atoms with E-state index in [9.17, 15) is 0 Å². The van der Waals surface area contributed by atoms with Gasteiger partial charge in [-0.05, 0) is 12.8 Å². The molecule has 0 atom stereocenters. The Kier molecular flexibility index (Phi) is 10.6. The van der Waals surface area contributed by atoms with Crippen molar-refractivity contribution >= 4 is 0 Å². The summed E-state index contributed by atoms with van der Waals surface area (Å²) in [5.41, 5.74) is 0. The molecule has 0 spiro atoms. The standard InChI is InChI=1S/C14H26N2O2/c1-2-4-6-8-10-13-17-18-14-12-16-15-11-9-7-5-3-1/h12,14H,1-11,13H2. The lowest BCUT2D eigenvalue weighted by atomic mass is 10.1. The largest absolute Gasteiger partial charge is 0.344 e. The minimum atomic E-state index is 0.654. The van der Waals surface area contributed by atoms with Gasteiger partial charge in [-0.3, -0.25) is 0 Å². The Hall–Kier alpha value is -0.900. The molecule has 0 aromatic heterocycles. The smallest absolute Gasteiger partial charge is 0.149 e. The van der Waals surface area contributed by atoms with Gasteiger partial charge in [-0.25, -0.2) is 0 Å². The van der Waals surface area contributed by atoms with Gasteiger partial charge in [0.25, 0.3) is 0 Å². The minimum absolute atomic E-state index is 0.654. The summed E-state index contributed by atoms with van der Waals surface area (Å²) >= 11 is 0. The number of nitrogens with zero attached hydrogens (tertiary/aromatic N) is 2. The molecular formula is C14H26N2O2. The Morgan fingerprint density at radius 3 is 2.06 bits per heavy atom. The zero-order valence-electron chi connectivity index (χ0n) is 11.4. The number of rotatable bonds is 0. The fourth-order valence-corrected chi connectivity index (χ4v) is 2.00. The van der Waals surface area contributed by atoms with E-state index in [4.69, 9.17) is 9.78 Å². The average molecular weight is 254 g/mol. The molecule has 1 rings (SSSR count). The first-order valence-corrected chi connectivity index (χ1v) is 7.30. The molecular weight excluding hydrogens is 228 g/mol. The molecule has 0 bridgehead atoms. The van der Waals surface area contributed by atoms with E-state index < -0.39 is 0 Å². The lowest BCUT2D eigenvalue weighted by Crippen LogP contribution is -1.92. The Morgan fingerprint density at radius 1 is 0.722 bits per heavy atom. The van der Waals surface area contributed by atoms with E-state index in [2.05, 4.69) is 10.2 Å². The third-order valence-corrected chi connectivity index (χ3v) is 3.07. The molecule has 0 saturated heterocycles. The molecule has 4 heteroatoms. The van der Waals surface area contributed by atoms with Gasteiger partial charge in [-0.2, -0.15) is 15.1 Å². The first kappa shape index (κ1) is 15.2. The molecule has 0 aromatic carbocycles. The normalized spacial score (nSPS) is 21.8. The van der Waals surface area contributed by atoms with Crippen LogP contribution in [0.4, 0.5) is 0 Å². The van der Waals surface area contributed by atoms with Crippen molar-refractivity contribution in [2.75, 3.05) is 13.2 Å². The zero-order chi connectivity index (χ0) is 12.7. The molecule has 4 nitrogen and oxygen atoms in total. The molecule has 18 heavy (non-hydrogen) atoms. The van der Waals surface area contributed by atoms with Crippen LogP contribution in [0.25, 0.3) is 0 Å². The first-order chi connectivity index (χ1) is 9.00. The van der Waals surface area contributed by atoms with Gasteiger partial charge in [0.15, 0.2) is 0 Å². The Bertz CT molecular complexity index is 206. The molecule has 0 amide bonds. The summed E-state index contributed by atoms with van der Waals surface area (Å²) in [5.74, 6) is 0. The summed E-state index contributed by atoms with van der Waals surface area (Å²) in [6.07, 6.45) is 15.8. The molecule has 1 heterocycles. The predicted molar refractivity (Wildman–Crippen MR) is 72.1 cm³/mol. The Labute approximate surface area is 110 Å². The van der Waals surface area contributed by atoms with Crippen molar-refractivity contribution in [3.8, 4) is 0 Å². The highest BCUT2D eigenvalue weighted by atomic mass is 17.2. The van der Waals surface area contributed by atoms with Crippen LogP contribution in [-0.4, -0.2) is 13.2 Å². The summed E-state index contributed by atoms with van der Waals surface area (Å²) in [5, 5.41) is 7.91. The van der Waals surface area contributed by atoms with Crippen LogP contribution in [0.3, 0.4) is 0 Å². The second-order valence-corrected chi connectivity index (χ2v) is 4.72. The van der Waals surface area contributed by atoms with E-state index >= 15 is 0 Å². The summed E-state index contributed by atoms with van der Waals surface area (Å²) < 4.78 is 0. The summed E-state index contributed by atoms with van der Waals surface area (Å²) in [6, 6.07) is 0. The van der Waals surface area contributed by atoms with Crippen LogP contribution in [0.1, 0.15) is 64.2 Å². The molecule has 0 N–H and O–H groups in total. The molecule has 0 aromatic rings. The lowest BCUT2D eigenvalue weighted by Gasteiger charge is -2.03. The van der Waals surface area contributed by atoms with Crippen LogP contribution in [-0.2, 0) is 9.78 Å². The SMILES string of the molecule is C1=COOCCCCCCCCCCCCN=N1. The van der Waals surface area contributed by atoms with E-state index in [1.54, 1.807) is 0 Å². The topological polar surface area (TPSA) is 43.2 Å². The third kappa shape index (κ3) is 10.3. The monoisotopic (exact) mass is 254 g/mol. The van der Waals surface area contributed by atoms with Crippen molar-refractivity contribution in [1.29, 1.82) is 0 Å². The summed E-state index contributed by atoms with van der Waals surface area (Å²) in [7, 11) is 0. The number of azo groups is 1. The van der Waals surface area contributed by atoms with Crippen molar-refractivity contribution in [2.45, 2.75) is 64.2 Å². The molecule has 0 unspecified atom stereocenters. The number of hydrogen-bond donors (Lipinski definition) is 0. The zero-order valence-corrected chi connectivity index (χ0v) is 11.4. The molecule has 0 saturated carbocycles. The van der Waals surface area contributed by atoms with Gasteiger partial charge in [0.05, 0.1) is 19.4 Å². The Morgan fingerprint density at radius 2 is 1.33 bits per heavy atom. The maximum absolute atomic E-state index is 4.99. The predicted octanol–water partition coefficient (Wildman–Crippen LogP) is 4.77. The van der Waals surface area contributed by atoms with E-state index in [1.165, 1.54) is 63.8 Å². The second kappa shape index (κ2) is 12.6. The van der Waals surface area contributed by atoms with E-state index in [1.807, 2.05) is 0 Å². The molecule has 1 aliphatic rings. The highest BCUT2D eigenvalue weighted by molar-refractivity contribution is 4.66. The van der Waals surface area contributed by atoms with E-state index in [0.717, 1.165) is 19.4 Å². The van der Waals surface area contributed by atoms with Crippen molar-refractivity contribution < 1.29 is 9.78 Å². The average Bonchev–Trinajstić information content (AvgIpc) is 2.39. The highest BCUT2D eigenvalue weighted by Gasteiger charge is 1.94. The van der Waals surface area contributed by atoms with Crippen LogP contribution in [0.15, 0.2) is 22.7 Å². The van der Waals surface area contributed by atoms with Gasteiger partial charge in [0.1, 0.15) is 6.26 Å². The highest BCUT2D eigenvalue weighted by Crippen LogP contribution is 2.10. The van der Waals surface area contributed by atoms with Crippen molar-refractivity contribution in [3.63, 3.8) is 0 Å². The molecule has 0 aliphatic carbocycles. The fourth-order valence-electron chi connectivity index (χ4n) is 2.00. The molecule has 0 radical (unpaired) electrons. The van der Waals surface area contributed by atoms with Gasteiger partial charge in [0, 0.05) is 0 Å². The van der Waals surface area contributed by atoms with E-state index in [-0.39, 0.29) is 0 Å². The van der Waals surface area contributed by atoms with Crippen molar-refractivity contribution in [1.82, 2.24) is 0 Å². The van der Waals surface area contributed by atoms with Crippen LogP contribution < -0.4 is 0 Å². The maximum Gasteiger partial charge on any atom is 0.149 e. The van der Waals surface area contributed by atoms with Crippen molar-refractivity contribution in [2.24, 2.45) is 10.2 Å². The minimum Gasteiger partial charge on any atom is -0.344 e. The van der Waals surface area contributed by atoms with Crippen molar-refractivity contribution in [3.05, 3.63) is 12.5 Å². The van der Waals surface area contributed by atoms with Gasteiger partial charge >= 0.3 is 0 Å². The first-order valence-electron chi connectivity index (χ1n) is 7.30. The van der Waals surface area contributed by atoms with Gasteiger partial charge in [-0.1, -0.05) is 51.4 Å². The van der Waals surface area contributed by atoms with Gasteiger partial charge < -0.3 is 4.89 Å². The van der Waals surface area contributed by atoms with E-state index in [0.29, 0.717) is 6.61 Å². The quantitative estimate of drug-likeness (QED) is 0.584. The van der Waals surface area contributed by atoms with Crippen LogP contribution in [0.5, 0.6) is 0 Å². The second-order valence-electron chi connectivity index (χ2n) is 4.72. The third-order valence-electron chi connectivity index (χ3n) is 3.07. The van der Waals surface area contributed by atoms with Crippen LogP contribution in [0, 0.1) is 0 Å². The number of hydrogen-bond acceptors (Lipinski definition) is 4. The summed E-state index contributed by atoms with van der Waals surface area (Å²) in [6.45, 7) is 1.46. The lowest BCUT2D eigenvalue weighted by molar-refractivity contribution is -0.249.